The highest BCUT2D eigenvalue weighted by Crippen LogP contribution is 2.32. The molecule has 0 radical (unpaired) electrons. The van der Waals surface area contributed by atoms with Crippen molar-refractivity contribution in [2.24, 2.45) is 0 Å². The van der Waals surface area contributed by atoms with Gasteiger partial charge < -0.3 is 10.1 Å². The summed E-state index contributed by atoms with van der Waals surface area (Å²) in [4.78, 5) is 24.3. The van der Waals surface area contributed by atoms with E-state index in [2.05, 4.69) is 10.6 Å². The molecule has 31 heavy (non-hydrogen) atoms. The molecule has 0 aromatic heterocycles. The van der Waals surface area contributed by atoms with Crippen molar-refractivity contribution in [3.63, 3.8) is 0 Å². The fourth-order valence-corrected chi connectivity index (χ4v) is 3.39. The van der Waals surface area contributed by atoms with E-state index in [9.17, 15) is 22.8 Å². The highest BCUT2D eigenvalue weighted by Gasteiger charge is 2.48. The summed E-state index contributed by atoms with van der Waals surface area (Å²) in [6.07, 6.45) is -4.38. The van der Waals surface area contributed by atoms with Crippen LogP contribution in [-0.2, 0) is 16.5 Å². The van der Waals surface area contributed by atoms with Crippen LogP contribution in [0, 0.1) is 0 Å². The molecule has 8 heteroatoms. The van der Waals surface area contributed by atoms with Gasteiger partial charge in [-0.3, -0.25) is 10.1 Å². The van der Waals surface area contributed by atoms with Gasteiger partial charge in [-0.2, -0.15) is 13.2 Å². The zero-order chi connectivity index (χ0) is 22.1. The molecule has 4 rings (SSSR count). The highest BCUT2D eigenvalue weighted by atomic mass is 19.4. The molecule has 1 heterocycles. The second-order valence-electron chi connectivity index (χ2n) is 7.07. The molecule has 1 atom stereocenters. The summed E-state index contributed by atoms with van der Waals surface area (Å²) in [6.45, 7) is -0.131. The van der Waals surface area contributed by atoms with Gasteiger partial charge in [-0.05, 0) is 41.0 Å². The number of nitrogens with one attached hydrogen (secondary N) is 2. The zero-order valence-electron chi connectivity index (χ0n) is 16.1. The molecular weight excluding hydrogens is 409 g/mol. The molecule has 0 aliphatic carbocycles. The van der Waals surface area contributed by atoms with Crippen LogP contribution in [0.2, 0.25) is 0 Å². The van der Waals surface area contributed by atoms with Gasteiger partial charge >= 0.3 is 12.2 Å². The van der Waals surface area contributed by atoms with Gasteiger partial charge in [0.1, 0.15) is 12.4 Å². The fourth-order valence-electron chi connectivity index (χ4n) is 3.39. The Bertz CT molecular complexity index is 1100. The van der Waals surface area contributed by atoms with E-state index in [-0.39, 0.29) is 6.61 Å². The monoisotopic (exact) mass is 426 g/mol. The molecule has 2 N–H and O–H groups in total. The quantitative estimate of drug-likeness (QED) is 0.591. The summed E-state index contributed by atoms with van der Waals surface area (Å²) in [5.74, 6) is -0.0648. The van der Waals surface area contributed by atoms with E-state index >= 15 is 0 Å². The first-order chi connectivity index (χ1) is 14.8. The standard InChI is InChI=1S/C23H17F3N2O3/c24-23(25,26)18-10-6-15(7-11-18)16-8-12-19(13-9-16)31-14-22(17-4-2-1-3-5-17)20(29)27-21(30)28-22/h1-13H,14H2,(H2,27,28,29,30). The molecule has 0 saturated carbocycles. The Morgan fingerprint density at radius 3 is 1.90 bits per heavy atom. The Morgan fingerprint density at radius 2 is 1.39 bits per heavy atom. The van der Waals surface area contributed by atoms with Gasteiger partial charge in [0.25, 0.3) is 5.91 Å². The number of rotatable bonds is 5. The smallest absolute Gasteiger partial charge is 0.416 e. The van der Waals surface area contributed by atoms with E-state index in [1.165, 1.54) is 12.1 Å². The molecule has 1 aliphatic heterocycles. The predicted octanol–water partition coefficient (Wildman–Crippen LogP) is 4.49. The minimum absolute atomic E-state index is 0.131. The molecule has 0 bridgehead atoms. The number of halogens is 3. The van der Waals surface area contributed by atoms with E-state index in [0.29, 0.717) is 22.4 Å². The normalized spacial score (nSPS) is 18.4. The Balaban J connectivity index is 1.51. The Labute approximate surface area is 175 Å². The van der Waals surface area contributed by atoms with Crippen molar-refractivity contribution in [3.05, 3.63) is 90.0 Å². The van der Waals surface area contributed by atoms with Crippen molar-refractivity contribution in [2.75, 3.05) is 6.61 Å². The topological polar surface area (TPSA) is 67.4 Å². The van der Waals surface area contributed by atoms with Crippen LogP contribution in [0.5, 0.6) is 5.75 Å². The number of hydrogen-bond donors (Lipinski definition) is 2. The third kappa shape index (κ3) is 4.09. The summed E-state index contributed by atoms with van der Waals surface area (Å²) in [7, 11) is 0. The average Bonchev–Trinajstić information content (AvgIpc) is 3.07. The third-order valence-corrected chi connectivity index (χ3v) is 5.06. The van der Waals surface area contributed by atoms with Crippen LogP contribution in [0.3, 0.4) is 0 Å². The lowest BCUT2D eigenvalue weighted by Gasteiger charge is -2.26. The minimum atomic E-state index is -4.38. The van der Waals surface area contributed by atoms with Gasteiger partial charge in [0.05, 0.1) is 5.56 Å². The van der Waals surface area contributed by atoms with Gasteiger partial charge in [0, 0.05) is 0 Å². The molecule has 3 aromatic rings. The molecular formula is C23H17F3N2O3. The summed E-state index contributed by atoms with van der Waals surface area (Å²) < 4.78 is 44.0. The van der Waals surface area contributed by atoms with E-state index in [4.69, 9.17) is 4.74 Å². The lowest BCUT2D eigenvalue weighted by molar-refractivity contribution is -0.137. The van der Waals surface area contributed by atoms with Crippen LogP contribution >= 0.6 is 0 Å². The number of hydrogen-bond acceptors (Lipinski definition) is 3. The number of imide groups is 1. The lowest BCUT2D eigenvalue weighted by atomic mass is 9.91. The first kappa shape index (κ1) is 20.5. The Hall–Kier alpha value is -3.81. The van der Waals surface area contributed by atoms with Crippen LogP contribution in [0.25, 0.3) is 11.1 Å². The maximum atomic E-state index is 12.7. The Morgan fingerprint density at radius 1 is 0.806 bits per heavy atom. The molecule has 3 aromatic carbocycles. The number of alkyl halides is 3. The van der Waals surface area contributed by atoms with E-state index in [1.807, 2.05) is 0 Å². The molecule has 5 nitrogen and oxygen atoms in total. The van der Waals surface area contributed by atoms with Crippen molar-refractivity contribution >= 4 is 11.9 Å². The minimum Gasteiger partial charge on any atom is -0.490 e. The number of carbonyl (C=O) groups excluding carboxylic acids is 2. The van der Waals surface area contributed by atoms with Gasteiger partial charge in [-0.15, -0.1) is 0 Å². The molecule has 1 unspecified atom stereocenters. The first-order valence-electron chi connectivity index (χ1n) is 9.37. The third-order valence-electron chi connectivity index (χ3n) is 5.06. The largest absolute Gasteiger partial charge is 0.490 e. The second-order valence-corrected chi connectivity index (χ2v) is 7.07. The molecule has 3 amide bonds. The molecule has 0 spiro atoms. The average molecular weight is 426 g/mol. The maximum Gasteiger partial charge on any atom is 0.416 e. The van der Waals surface area contributed by atoms with E-state index < -0.39 is 29.2 Å². The molecule has 1 fully saturated rings. The predicted molar refractivity (Wildman–Crippen MR) is 107 cm³/mol. The van der Waals surface area contributed by atoms with Crippen LogP contribution in [-0.4, -0.2) is 18.5 Å². The van der Waals surface area contributed by atoms with Crippen molar-refractivity contribution in [1.82, 2.24) is 10.6 Å². The molecule has 158 valence electrons. The fraction of sp³-hybridized carbons (Fsp3) is 0.130. The van der Waals surface area contributed by atoms with Crippen LogP contribution in [0.15, 0.2) is 78.9 Å². The van der Waals surface area contributed by atoms with Gasteiger partial charge in [0.2, 0.25) is 0 Å². The molecule has 1 aliphatic rings. The summed E-state index contributed by atoms with van der Waals surface area (Å²) in [6, 6.07) is 19.8. The number of urea groups is 1. The molecule has 1 saturated heterocycles. The van der Waals surface area contributed by atoms with Crippen molar-refractivity contribution in [3.8, 4) is 16.9 Å². The SMILES string of the molecule is O=C1NC(=O)C(COc2ccc(-c3ccc(C(F)(F)F)cc3)cc2)(c2ccccc2)N1. The maximum absolute atomic E-state index is 12.7. The summed E-state index contributed by atoms with van der Waals surface area (Å²) >= 11 is 0. The number of amides is 3. The van der Waals surface area contributed by atoms with Gasteiger partial charge in [0.15, 0.2) is 5.54 Å². The van der Waals surface area contributed by atoms with Crippen LogP contribution in [0.1, 0.15) is 11.1 Å². The van der Waals surface area contributed by atoms with Gasteiger partial charge in [-0.25, -0.2) is 4.79 Å². The Kier molecular flexibility index (Phi) is 5.14. The van der Waals surface area contributed by atoms with Crippen molar-refractivity contribution in [2.45, 2.75) is 11.7 Å². The summed E-state index contributed by atoms with van der Waals surface area (Å²) in [5.41, 5.74) is -0.141. The van der Waals surface area contributed by atoms with Crippen molar-refractivity contribution in [1.29, 1.82) is 0 Å². The first-order valence-corrected chi connectivity index (χ1v) is 9.37. The highest BCUT2D eigenvalue weighted by molar-refractivity contribution is 6.07. The lowest BCUT2D eigenvalue weighted by Crippen LogP contribution is -2.48. The number of benzene rings is 3. The number of carbonyl (C=O) groups is 2. The summed E-state index contributed by atoms with van der Waals surface area (Å²) in [5, 5.41) is 4.88. The number of ether oxygens (including phenoxy) is 1. The second kappa shape index (κ2) is 7.79. The van der Waals surface area contributed by atoms with Crippen molar-refractivity contribution < 1.29 is 27.5 Å². The van der Waals surface area contributed by atoms with E-state index in [1.54, 1.807) is 54.6 Å². The van der Waals surface area contributed by atoms with Gasteiger partial charge in [-0.1, -0.05) is 54.6 Å². The van der Waals surface area contributed by atoms with Crippen LogP contribution < -0.4 is 15.4 Å². The van der Waals surface area contributed by atoms with Crippen LogP contribution in [0.4, 0.5) is 18.0 Å². The van der Waals surface area contributed by atoms with E-state index in [0.717, 1.165) is 12.1 Å². The zero-order valence-corrected chi connectivity index (χ0v) is 16.1.